The minimum Gasteiger partial charge on any atom is -0.466 e. The van der Waals surface area contributed by atoms with Crippen molar-refractivity contribution in [1.29, 1.82) is 0 Å². The summed E-state index contributed by atoms with van der Waals surface area (Å²) in [6, 6.07) is 4.01. The second-order valence-electron chi connectivity index (χ2n) is 5.71. The number of aryl methyl sites for hydroxylation is 1. The van der Waals surface area contributed by atoms with E-state index in [1.54, 1.807) is 6.92 Å². The quantitative estimate of drug-likeness (QED) is 0.746. The summed E-state index contributed by atoms with van der Waals surface area (Å²) >= 11 is 0. The molecule has 4 heteroatoms. The number of rotatable bonds is 6. The van der Waals surface area contributed by atoms with Crippen molar-refractivity contribution in [2.24, 2.45) is 0 Å². The number of sulfone groups is 1. The second kappa shape index (κ2) is 5.91. The van der Waals surface area contributed by atoms with Gasteiger partial charge in [0.05, 0.1) is 5.75 Å². The van der Waals surface area contributed by atoms with Crippen molar-refractivity contribution in [3.63, 3.8) is 0 Å². The molecular formula is C14H24O3S. The Hall–Kier alpha value is -0.770. The van der Waals surface area contributed by atoms with Crippen molar-refractivity contribution in [1.82, 2.24) is 0 Å². The first-order valence-electron chi connectivity index (χ1n) is 6.54. The van der Waals surface area contributed by atoms with E-state index in [2.05, 4.69) is 20.8 Å². The molecule has 0 amide bonds. The number of unbranched alkanes of at least 4 members (excludes halogenated alkanes) is 1. The highest BCUT2D eigenvalue weighted by atomic mass is 32.2. The van der Waals surface area contributed by atoms with Crippen LogP contribution in [0.15, 0.2) is 16.5 Å². The fourth-order valence-corrected chi connectivity index (χ4v) is 2.61. The molecular weight excluding hydrogens is 248 g/mol. The van der Waals surface area contributed by atoms with E-state index in [1.807, 2.05) is 12.1 Å². The second-order valence-corrected chi connectivity index (χ2v) is 8.18. The Labute approximate surface area is 111 Å². The number of hydrogen-bond donors (Lipinski definition) is 0. The van der Waals surface area contributed by atoms with Crippen LogP contribution in [0.5, 0.6) is 0 Å². The topological polar surface area (TPSA) is 47.3 Å². The maximum absolute atomic E-state index is 11.3. The molecule has 0 fully saturated rings. The van der Waals surface area contributed by atoms with Crippen molar-refractivity contribution < 1.29 is 12.8 Å². The minimum atomic E-state index is -2.82. The summed E-state index contributed by atoms with van der Waals surface area (Å²) in [4.78, 5) is 0. The first-order chi connectivity index (χ1) is 8.24. The Morgan fingerprint density at radius 2 is 1.83 bits per heavy atom. The summed E-state index contributed by atoms with van der Waals surface area (Å²) in [7, 11) is -2.82. The Morgan fingerprint density at radius 3 is 2.33 bits per heavy atom. The van der Waals surface area contributed by atoms with Crippen molar-refractivity contribution in [2.45, 2.75) is 52.4 Å². The summed E-state index contributed by atoms with van der Waals surface area (Å²) < 4.78 is 28.4. The first kappa shape index (κ1) is 15.3. The summed E-state index contributed by atoms with van der Waals surface area (Å²) in [5.41, 5.74) is 0.0315. The van der Waals surface area contributed by atoms with E-state index in [1.165, 1.54) is 0 Å². The van der Waals surface area contributed by atoms with Gasteiger partial charge in [-0.1, -0.05) is 27.7 Å². The smallest absolute Gasteiger partial charge is 0.150 e. The predicted octanol–water partition coefficient (Wildman–Crippen LogP) is 3.33. The Kier molecular flexibility index (Phi) is 5.02. The van der Waals surface area contributed by atoms with Gasteiger partial charge in [0.1, 0.15) is 21.4 Å². The molecule has 0 aromatic carbocycles. The number of hydrogen-bond acceptors (Lipinski definition) is 3. The summed E-state index contributed by atoms with van der Waals surface area (Å²) in [5.74, 6) is 2.46. The van der Waals surface area contributed by atoms with E-state index in [0.717, 1.165) is 24.4 Å². The SMILES string of the molecule is CCS(=O)(=O)CCCCc1ccc(C(C)(C)C)o1. The third-order valence-corrected chi connectivity index (χ3v) is 4.76. The minimum absolute atomic E-state index is 0.0315. The fraction of sp³-hybridized carbons (Fsp3) is 0.714. The van der Waals surface area contributed by atoms with Gasteiger partial charge in [0.2, 0.25) is 0 Å². The standard InChI is InChI=1S/C14H24O3S/c1-5-18(15,16)11-7-6-8-12-9-10-13(17-12)14(2,3)4/h9-10H,5-8,11H2,1-4H3. The van der Waals surface area contributed by atoms with Crippen molar-refractivity contribution >= 4 is 9.84 Å². The summed E-state index contributed by atoms with van der Waals surface area (Å²) in [6.07, 6.45) is 2.38. The molecule has 1 rings (SSSR count). The molecule has 0 unspecified atom stereocenters. The number of furan rings is 1. The molecule has 18 heavy (non-hydrogen) atoms. The molecule has 1 heterocycles. The van der Waals surface area contributed by atoms with E-state index in [9.17, 15) is 8.42 Å². The molecule has 0 aliphatic rings. The van der Waals surface area contributed by atoms with Gasteiger partial charge < -0.3 is 4.42 Å². The fourth-order valence-electron chi connectivity index (χ4n) is 1.68. The zero-order chi connectivity index (χ0) is 13.8. The molecule has 0 aliphatic carbocycles. The van der Waals surface area contributed by atoms with E-state index in [4.69, 9.17) is 4.42 Å². The lowest BCUT2D eigenvalue weighted by atomic mass is 9.94. The first-order valence-corrected chi connectivity index (χ1v) is 8.36. The lowest BCUT2D eigenvalue weighted by Gasteiger charge is -2.14. The zero-order valence-corrected chi connectivity index (χ0v) is 12.6. The maximum Gasteiger partial charge on any atom is 0.150 e. The van der Waals surface area contributed by atoms with Crippen molar-refractivity contribution in [3.05, 3.63) is 23.7 Å². The van der Waals surface area contributed by atoms with E-state index < -0.39 is 9.84 Å². The summed E-state index contributed by atoms with van der Waals surface area (Å²) in [5, 5.41) is 0. The molecule has 0 N–H and O–H groups in total. The maximum atomic E-state index is 11.3. The largest absolute Gasteiger partial charge is 0.466 e. The molecule has 1 aromatic heterocycles. The Bertz CT molecular complexity index is 463. The van der Waals surface area contributed by atoms with Crippen LogP contribution in [0.3, 0.4) is 0 Å². The van der Waals surface area contributed by atoms with Gasteiger partial charge in [-0.25, -0.2) is 8.42 Å². The van der Waals surface area contributed by atoms with E-state index in [-0.39, 0.29) is 16.9 Å². The third kappa shape index (κ3) is 4.84. The molecule has 104 valence electrons. The third-order valence-electron chi connectivity index (χ3n) is 2.97. The molecule has 0 aliphatic heterocycles. The van der Waals surface area contributed by atoms with Gasteiger partial charge in [-0.05, 0) is 25.0 Å². The molecule has 0 radical (unpaired) electrons. The van der Waals surface area contributed by atoms with Crippen LogP contribution >= 0.6 is 0 Å². The van der Waals surface area contributed by atoms with Crippen molar-refractivity contribution in [3.8, 4) is 0 Å². The molecule has 1 aromatic rings. The van der Waals surface area contributed by atoms with Gasteiger partial charge in [0.15, 0.2) is 0 Å². The highest BCUT2D eigenvalue weighted by Crippen LogP contribution is 2.24. The van der Waals surface area contributed by atoms with Crippen LogP contribution in [0.1, 0.15) is 52.1 Å². The average molecular weight is 272 g/mol. The normalized spacial score (nSPS) is 12.9. The average Bonchev–Trinajstić information content (AvgIpc) is 2.73. The lowest BCUT2D eigenvalue weighted by Crippen LogP contribution is -2.09. The van der Waals surface area contributed by atoms with Gasteiger partial charge in [-0.15, -0.1) is 0 Å². The molecule has 0 saturated heterocycles. The lowest BCUT2D eigenvalue weighted by molar-refractivity contribution is 0.384. The van der Waals surface area contributed by atoms with Crippen LogP contribution in [0.2, 0.25) is 0 Å². The van der Waals surface area contributed by atoms with Crippen LogP contribution in [0.4, 0.5) is 0 Å². The van der Waals surface area contributed by atoms with Gasteiger partial charge >= 0.3 is 0 Å². The summed E-state index contributed by atoms with van der Waals surface area (Å²) in [6.45, 7) is 8.04. The molecule has 0 bridgehead atoms. The monoisotopic (exact) mass is 272 g/mol. The van der Waals surface area contributed by atoms with E-state index in [0.29, 0.717) is 6.42 Å². The van der Waals surface area contributed by atoms with Gasteiger partial charge in [0.25, 0.3) is 0 Å². The van der Waals surface area contributed by atoms with Gasteiger partial charge in [-0.2, -0.15) is 0 Å². The van der Waals surface area contributed by atoms with Crippen molar-refractivity contribution in [2.75, 3.05) is 11.5 Å². The van der Waals surface area contributed by atoms with Gasteiger partial charge in [-0.3, -0.25) is 0 Å². The van der Waals surface area contributed by atoms with Crippen LogP contribution in [0, 0.1) is 0 Å². The Morgan fingerprint density at radius 1 is 1.17 bits per heavy atom. The molecule has 0 saturated carbocycles. The van der Waals surface area contributed by atoms with Crippen LogP contribution < -0.4 is 0 Å². The van der Waals surface area contributed by atoms with Crippen LogP contribution in [-0.4, -0.2) is 19.9 Å². The Balaban J connectivity index is 2.39. The molecule has 0 atom stereocenters. The molecule has 3 nitrogen and oxygen atoms in total. The van der Waals surface area contributed by atoms with Crippen LogP contribution in [-0.2, 0) is 21.7 Å². The molecule has 0 spiro atoms. The van der Waals surface area contributed by atoms with E-state index >= 15 is 0 Å². The zero-order valence-electron chi connectivity index (χ0n) is 11.8. The van der Waals surface area contributed by atoms with Crippen LogP contribution in [0.25, 0.3) is 0 Å². The predicted molar refractivity (Wildman–Crippen MR) is 74.7 cm³/mol. The van der Waals surface area contributed by atoms with Gasteiger partial charge in [0, 0.05) is 17.6 Å². The highest BCUT2D eigenvalue weighted by Gasteiger charge is 2.17. The highest BCUT2D eigenvalue weighted by molar-refractivity contribution is 7.91.